The maximum atomic E-state index is 5.82. The summed E-state index contributed by atoms with van der Waals surface area (Å²) < 4.78 is 0. The van der Waals surface area contributed by atoms with Crippen LogP contribution in [-0.2, 0) is 0 Å². The van der Waals surface area contributed by atoms with Crippen LogP contribution in [0.2, 0.25) is 10.0 Å². The second kappa shape index (κ2) is 6.44. The minimum atomic E-state index is 0.754. The van der Waals surface area contributed by atoms with Crippen molar-refractivity contribution in [3.63, 3.8) is 0 Å². The normalized spacial score (nSPS) is 11.4. The van der Waals surface area contributed by atoms with E-state index in [1.54, 1.807) is 0 Å². The summed E-state index contributed by atoms with van der Waals surface area (Å²) in [6.45, 7) is 0. The highest BCUT2D eigenvalue weighted by atomic mass is 35.5. The third-order valence-corrected chi connectivity index (χ3v) is 2.93. The molecule has 0 bridgehead atoms. The Balaban J connectivity index is 1.98. The Kier molecular flexibility index (Phi) is 4.63. The van der Waals surface area contributed by atoms with Crippen LogP contribution >= 0.6 is 23.2 Å². The highest BCUT2D eigenvalue weighted by Gasteiger charge is 1.87. The van der Waals surface area contributed by atoms with Crippen LogP contribution in [0, 0.1) is 0 Å². The van der Waals surface area contributed by atoms with Gasteiger partial charge in [-0.1, -0.05) is 71.8 Å². The summed E-state index contributed by atoms with van der Waals surface area (Å²) in [7, 11) is 0. The Labute approximate surface area is 117 Å². The predicted octanol–water partition coefficient (Wildman–Crippen LogP) is 5.72. The second-order valence-electron chi connectivity index (χ2n) is 3.82. The number of hydrogen-bond acceptors (Lipinski definition) is 0. The highest BCUT2D eigenvalue weighted by Crippen LogP contribution is 2.12. The second-order valence-corrected chi connectivity index (χ2v) is 4.69. The summed E-state index contributed by atoms with van der Waals surface area (Å²) in [5.74, 6) is 0. The van der Waals surface area contributed by atoms with Crippen molar-refractivity contribution in [1.82, 2.24) is 0 Å². The number of benzene rings is 2. The van der Waals surface area contributed by atoms with E-state index >= 15 is 0 Å². The summed E-state index contributed by atoms with van der Waals surface area (Å²) in [6, 6.07) is 15.4. The molecule has 0 fully saturated rings. The number of rotatable bonds is 3. The first-order valence-electron chi connectivity index (χ1n) is 5.60. The fraction of sp³-hybridized carbons (Fsp3) is 0. The molecule has 0 atom stereocenters. The van der Waals surface area contributed by atoms with Gasteiger partial charge in [0.25, 0.3) is 0 Å². The quantitative estimate of drug-likeness (QED) is 0.628. The lowest BCUT2D eigenvalue weighted by Crippen LogP contribution is -1.70. The molecule has 0 spiro atoms. The highest BCUT2D eigenvalue weighted by molar-refractivity contribution is 6.30. The molecule has 2 rings (SSSR count). The summed E-state index contributed by atoms with van der Waals surface area (Å²) >= 11 is 11.6. The molecule has 0 saturated heterocycles. The molecule has 2 heteroatoms. The van der Waals surface area contributed by atoms with E-state index in [1.165, 1.54) is 0 Å². The van der Waals surface area contributed by atoms with E-state index < -0.39 is 0 Å². The van der Waals surface area contributed by atoms with Crippen molar-refractivity contribution in [2.45, 2.75) is 0 Å². The maximum Gasteiger partial charge on any atom is 0.0406 e. The molecule has 0 aliphatic rings. The van der Waals surface area contributed by atoms with Crippen molar-refractivity contribution < 1.29 is 0 Å². The van der Waals surface area contributed by atoms with Gasteiger partial charge in [-0.05, 0) is 35.4 Å². The van der Waals surface area contributed by atoms with Crippen LogP contribution in [0.3, 0.4) is 0 Å². The van der Waals surface area contributed by atoms with Crippen LogP contribution in [0.15, 0.2) is 60.7 Å². The first-order valence-corrected chi connectivity index (χ1v) is 6.35. The molecular formula is C16H12Cl2. The van der Waals surface area contributed by atoms with Gasteiger partial charge >= 0.3 is 0 Å². The van der Waals surface area contributed by atoms with Gasteiger partial charge in [0, 0.05) is 10.0 Å². The smallest absolute Gasteiger partial charge is 0.0406 e. The van der Waals surface area contributed by atoms with Crippen LogP contribution in [0.1, 0.15) is 11.1 Å². The first-order chi connectivity index (χ1) is 8.74. The van der Waals surface area contributed by atoms with Crippen LogP contribution in [0.4, 0.5) is 0 Å². The molecule has 0 saturated carbocycles. The van der Waals surface area contributed by atoms with E-state index in [0.29, 0.717) is 0 Å². The Bertz CT molecular complexity index is 495. The van der Waals surface area contributed by atoms with E-state index in [1.807, 2.05) is 72.8 Å². The molecule has 0 aromatic heterocycles. The van der Waals surface area contributed by atoms with Crippen LogP contribution in [0.25, 0.3) is 12.2 Å². The molecule has 0 heterocycles. The summed E-state index contributed by atoms with van der Waals surface area (Å²) in [6.07, 6.45) is 8.06. The Morgan fingerprint density at radius 2 is 0.889 bits per heavy atom. The Morgan fingerprint density at radius 1 is 0.556 bits per heavy atom. The molecule has 2 aromatic carbocycles. The fourth-order valence-electron chi connectivity index (χ4n) is 1.48. The van der Waals surface area contributed by atoms with Crippen molar-refractivity contribution in [2.75, 3.05) is 0 Å². The van der Waals surface area contributed by atoms with Crippen LogP contribution < -0.4 is 0 Å². The van der Waals surface area contributed by atoms with Crippen LogP contribution in [-0.4, -0.2) is 0 Å². The summed E-state index contributed by atoms with van der Waals surface area (Å²) in [4.78, 5) is 0. The number of hydrogen-bond donors (Lipinski definition) is 0. The lowest BCUT2D eigenvalue weighted by atomic mass is 10.2. The third kappa shape index (κ3) is 4.06. The van der Waals surface area contributed by atoms with Crippen LogP contribution in [0.5, 0.6) is 0 Å². The van der Waals surface area contributed by atoms with E-state index in [4.69, 9.17) is 23.2 Å². The molecule has 0 N–H and O–H groups in total. The van der Waals surface area contributed by atoms with E-state index in [0.717, 1.165) is 21.2 Å². The van der Waals surface area contributed by atoms with Crippen molar-refractivity contribution >= 4 is 35.4 Å². The Hall–Kier alpha value is -1.50. The molecule has 18 heavy (non-hydrogen) atoms. The van der Waals surface area contributed by atoms with Crippen molar-refractivity contribution in [1.29, 1.82) is 0 Å². The lowest BCUT2D eigenvalue weighted by Gasteiger charge is -1.93. The molecular weight excluding hydrogens is 263 g/mol. The minimum absolute atomic E-state index is 0.754. The van der Waals surface area contributed by atoms with E-state index in [2.05, 4.69) is 0 Å². The lowest BCUT2D eigenvalue weighted by molar-refractivity contribution is 1.65. The molecule has 0 amide bonds. The first kappa shape index (κ1) is 12.9. The zero-order valence-electron chi connectivity index (χ0n) is 9.68. The fourth-order valence-corrected chi connectivity index (χ4v) is 1.73. The average Bonchev–Trinajstić information content (AvgIpc) is 2.39. The molecule has 90 valence electrons. The SMILES string of the molecule is Clc1ccc(C=CC=Cc2ccc(Cl)cc2)cc1. The summed E-state index contributed by atoms with van der Waals surface area (Å²) in [5, 5.41) is 1.51. The molecule has 0 nitrogen and oxygen atoms in total. The van der Waals surface area contributed by atoms with Crippen molar-refractivity contribution in [2.24, 2.45) is 0 Å². The molecule has 0 radical (unpaired) electrons. The average molecular weight is 275 g/mol. The largest absolute Gasteiger partial charge is 0.0843 e. The minimum Gasteiger partial charge on any atom is -0.0843 e. The van der Waals surface area contributed by atoms with Gasteiger partial charge in [-0.15, -0.1) is 0 Å². The van der Waals surface area contributed by atoms with Gasteiger partial charge < -0.3 is 0 Å². The van der Waals surface area contributed by atoms with Gasteiger partial charge in [0.1, 0.15) is 0 Å². The van der Waals surface area contributed by atoms with Crippen molar-refractivity contribution in [3.05, 3.63) is 81.9 Å². The maximum absolute atomic E-state index is 5.82. The standard InChI is InChI=1S/C16H12Cl2/c17-15-9-5-13(6-10-15)3-1-2-4-14-7-11-16(18)12-8-14/h1-12H. The molecule has 2 aromatic rings. The van der Waals surface area contributed by atoms with Gasteiger partial charge in [0.2, 0.25) is 0 Å². The van der Waals surface area contributed by atoms with Gasteiger partial charge in [-0.25, -0.2) is 0 Å². The zero-order valence-corrected chi connectivity index (χ0v) is 11.2. The zero-order chi connectivity index (χ0) is 12.8. The van der Waals surface area contributed by atoms with Gasteiger partial charge in [0.05, 0.1) is 0 Å². The van der Waals surface area contributed by atoms with Crippen molar-refractivity contribution in [3.8, 4) is 0 Å². The van der Waals surface area contributed by atoms with Gasteiger partial charge in [0.15, 0.2) is 0 Å². The predicted molar refractivity (Wildman–Crippen MR) is 81.0 cm³/mol. The Morgan fingerprint density at radius 3 is 1.22 bits per heavy atom. The molecule has 0 unspecified atom stereocenters. The van der Waals surface area contributed by atoms with E-state index in [-0.39, 0.29) is 0 Å². The molecule has 0 aliphatic heterocycles. The number of halogens is 2. The summed E-state index contributed by atoms with van der Waals surface area (Å²) in [5.41, 5.74) is 2.25. The topological polar surface area (TPSA) is 0 Å². The monoisotopic (exact) mass is 274 g/mol. The number of allylic oxidation sites excluding steroid dienone is 2. The van der Waals surface area contributed by atoms with Gasteiger partial charge in [-0.3, -0.25) is 0 Å². The van der Waals surface area contributed by atoms with E-state index in [9.17, 15) is 0 Å². The molecule has 0 aliphatic carbocycles. The third-order valence-electron chi connectivity index (χ3n) is 2.43. The van der Waals surface area contributed by atoms with Gasteiger partial charge in [-0.2, -0.15) is 0 Å².